The SMILES string of the molecule is CCc1ccc(C(C)NC(=O)Cn2cnnc2C#N)cc1. The number of carbonyl (C=O) groups is 1. The van der Waals surface area contributed by atoms with Gasteiger partial charge in [-0.25, -0.2) is 0 Å². The molecule has 0 bridgehead atoms. The number of amides is 1. The van der Waals surface area contributed by atoms with E-state index in [1.807, 2.05) is 25.1 Å². The molecule has 0 aliphatic rings. The Labute approximate surface area is 123 Å². The van der Waals surface area contributed by atoms with E-state index in [0.717, 1.165) is 12.0 Å². The molecule has 0 radical (unpaired) electrons. The molecule has 0 aliphatic heterocycles. The summed E-state index contributed by atoms with van der Waals surface area (Å²) in [6.07, 6.45) is 2.37. The van der Waals surface area contributed by atoms with Gasteiger partial charge in [0.25, 0.3) is 0 Å². The van der Waals surface area contributed by atoms with Gasteiger partial charge in [0.2, 0.25) is 11.7 Å². The molecule has 1 unspecified atom stereocenters. The van der Waals surface area contributed by atoms with Crippen LogP contribution in [0.3, 0.4) is 0 Å². The Balaban J connectivity index is 1.97. The number of nitrogens with zero attached hydrogens (tertiary/aromatic N) is 4. The lowest BCUT2D eigenvalue weighted by atomic mass is 10.1. The highest BCUT2D eigenvalue weighted by molar-refractivity contribution is 5.76. The number of rotatable bonds is 5. The van der Waals surface area contributed by atoms with Gasteiger partial charge in [0.05, 0.1) is 6.04 Å². The van der Waals surface area contributed by atoms with Gasteiger partial charge in [-0.2, -0.15) is 5.26 Å². The van der Waals surface area contributed by atoms with Crippen LogP contribution in [0.25, 0.3) is 0 Å². The Bertz CT molecular complexity index is 653. The Morgan fingerprint density at radius 3 is 2.76 bits per heavy atom. The van der Waals surface area contributed by atoms with Crippen LogP contribution in [0, 0.1) is 11.3 Å². The lowest BCUT2D eigenvalue weighted by Gasteiger charge is -2.15. The van der Waals surface area contributed by atoms with Crippen LogP contribution < -0.4 is 5.32 Å². The average Bonchev–Trinajstić information content (AvgIpc) is 2.94. The van der Waals surface area contributed by atoms with Crippen molar-refractivity contribution < 1.29 is 4.79 Å². The van der Waals surface area contributed by atoms with Crippen LogP contribution in [0.15, 0.2) is 30.6 Å². The molecule has 0 saturated carbocycles. The summed E-state index contributed by atoms with van der Waals surface area (Å²) in [4.78, 5) is 12.0. The Kier molecular flexibility index (Phi) is 4.67. The Hall–Kier alpha value is -2.68. The van der Waals surface area contributed by atoms with Crippen LogP contribution in [-0.4, -0.2) is 20.7 Å². The van der Waals surface area contributed by atoms with Gasteiger partial charge < -0.3 is 5.32 Å². The molecule has 2 rings (SSSR count). The van der Waals surface area contributed by atoms with Crippen molar-refractivity contribution in [1.82, 2.24) is 20.1 Å². The molecule has 0 saturated heterocycles. The van der Waals surface area contributed by atoms with Gasteiger partial charge in [-0.15, -0.1) is 10.2 Å². The largest absolute Gasteiger partial charge is 0.348 e. The third kappa shape index (κ3) is 3.66. The van der Waals surface area contributed by atoms with Crippen molar-refractivity contribution in [3.8, 4) is 6.07 Å². The van der Waals surface area contributed by atoms with Crippen molar-refractivity contribution >= 4 is 5.91 Å². The predicted molar refractivity (Wildman–Crippen MR) is 77.1 cm³/mol. The third-order valence-electron chi connectivity index (χ3n) is 3.29. The van der Waals surface area contributed by atoms with Crippen LogP contribution in [-0.2, 0) is 17.8 Å². The maximum atomic E-state index is 12.0. The van der Waals surface area contributed by atoms with E-state index < -0.39 is 0 Å². The van der Waals surface area contributed by atoms with Gasteiger partial charge in [-0.3, -0.25) is 9.36 Å². The highest BCUT2D eigenvalue weighted by Crippen LogP contribution is 2.13. The summed E-state index contributed by atoms with van der Waals surface area (Å²) in [5.74, 6) is -0.0523. The molecule has 2 aromatic rings. The van der Waals surface area contributed by atoms with Gasteiger partial charge in [0.15, 0.2) is 0 Å². The van der Waals surface area contributed by atoms with Crippen LogP contribution >= 0.6 is 0 Å². The Morgan fingerprint density at radius 2 is 2.14 bits per heavy atom. The minimum atomic E-state index is -0.182. The zero-order chi connectivity index (χ0) is 15.2. The first-order chi connectivity index (χ1) is 10.1. The summed E-state index contributed by atoms with van der Waals surface area (Å²) in [6.45, 7) is 4.07. The third-order valence-corrected chi connectivity index (χ3v) is 3.29. The molecule has 108 valence electrons. The molecular formula is C15H17N5O. The van der Waals surface area contributed by atoms with E-state index in [1.165, 1.54) is 16.5 Å². The zero-order valence-electron chi connectivity index (χ0n) is 12.1. The van der Waals surface area contributed by atoms with Crippen molar-refractivity contribution in [2.75, 3.05) is 0 Å². The van der Waals surface area contributed by atoms with Crippen molar-refractivity contribution in [3.63, 3.8) is 0 Å². The van der Waals surface area contributed by atoms with E-state index >= 15 is 0 Å². The summed E-state index contributed by atoms with van der Waals surface area (Å²) in [6, 6.07) is 9.95. The van der Waals surface area contributed by atoms with E-state index in [0.29, 0.717) is 0 Å². The quantitative estimate of drug-likeness (QED) is 0.903. The molecule has 0 aliphatic carbocycles. The fourth-order valence-corrected chi connectivity index (χ4v) is 2.02. The standard InChI is InChI=1S/C15H17N5O/c1-3-12-4-6-13(7-5-12)11(2)18-15(21)9-20-10-17-19-14(20)8-16/h4-7,10-11H,3,9H2,1-2H3,(H,18,21). The van der Waals surface area contributed by atoms with Crippen molar-refractivity contribution in [2.45, 2.75) is 32.9 Å². The van der Waals surface area contributed by atoms with E-state index in [2.05, 4.69) is 34.6 Å². The lowest BCUT2D eigenvalue weighted by Crippen LogP contribution is -2.30. The minimum absolute atomic E-state index is 0.0350. The van der Waals surface area contributed by atoms with E-state index in [-0.39, 0.29) is 24.3 Å². The highest BCUT2D eigenvalue weighted by Gasteiger charge is 2.12. The number of aromatic nitrogens is 3. The molecule has 1 amide bonds. The molecule has 6 nitrogen and oxygen atoms in total. The normalized spacial score (nSPS) is 11.7. The molecule has 0 spiro atoms. The van der Waals surface area contributed by atoms with Crippen molar-refractivity contribution in [2.24, 2.45) is 0 Å². The second kappa shape index (κ2) is 6.66. The summed E-state index contributed by atoms with van der Waals surface area (Å²) in [5.41, 5.74) is 2.31. The number of nitriles is 1. The molecular weight excluding hydrogens is 266 g/mol. The maximum absolute atomic E-state index is 12.0. The highest BCUT2D eigenvalue weighted by atomic mass is 16.2. The van der Waals surface area contributed by atoms with E-state index in [1.54, 1.807) is 0 Å². The van der Waals surface area contributed by atoms with Gasteiger partial charge >= 0.3 is 0 Å². The number of carbonyl (C=O) groups excluding carboxylic acids is 1. The van der Waals surface area contributed by atoms with Gasteiger partial charge in [-0.1, -0.05) is 31.2 Å². The van der Waals surface area contributed by atoms with Crippen LogP contribution in [0.5, 0.6) is 0 Å². The predicted octanol–water partition coefficient (Wildman–Crippen LogP) is 1.59. The minimum Gasteiger partial charge on any atom is -0.348 e. The van der Waals surface area contributed by atoms with Crippen molar-refractivity contribution in [3.05, 3.63) is 47.5 Å². The van der Waals surface area contributed by atoms with Gasteiger partial charge in [-0.05, 0) is 24.5 Å². The molecule has 21 heavy (non-hydrogen) atoms. The molecule has 1 atom stereocenters. The smallest absolute Gasteiger partial charge is 0.240 e. The number of hydrogen-bond acceptors (Lipinski definition) is 4. The summed E-state index contributed by atoms with van der Waals surface area (Å²) < 4.78 is 1.42. The monoisotopic (exact) mass is 283 g/mol. The van der Waals surface area contributed by atoms with Crippen LogP contribution in [0.1, 0.15) is 36.8 Å². The van der Waals surface area contributed by atoms with Gasteiger partial charge in [0, 0.05) is 0 Å². The summed E-state index contributed by atoms with van der Waals surface area (Å²) >= 11 is 0. The van der Waals surface area contributed by atoms with Crippen molar-refractivity contribution in [1.29, 1.82) is 5.26 Å². The van der Waals surface area contributed by atoms with E-state index in [4.69, 9.17) is 5.26 Å². The molecule has 1 heterocycles. The number of hydrogen-bond donors (Lipinski definition) is 1. The molecule has 1 aromatic carbocycles. The first-order valence-corrected chi connectivity index (χ1v) is 6.80. The number of aryl methyl sites for hydroxylation is 1. The number of benzene rings is 1. The summed E-state index contributed by atoms with van der Waals surface area (Å²) in [5, 5.41) is 19.0. The topological polar surface area (TPSA) is 83.6 Å². The molecule has 1 N–H and O–H groups in total. The Morgan fingerprint density at radius 1 is 1.43 bits per heavy atom. The number of nitrogens with one attached hydrogen (secondary N) is 1. The van der Waals surface area contributed by atoms with Crippen LogP contribution in [0.2, 0.25) is 0 Å². The molecule has 0 fully saturated rings. The first kappa shape index (κ1) is 14.7. The summed E-state index contributed by atoms with van der Waals surface area (Å²) in [7, 11) is 0. The fraction of sp³-hybridized carbons (Fsp3) is 0.333. The first-order valence-electron chi connectivity index (χ1n) is 6.80. The van der Waals surface area contributed by atoms with E-state index in [9.17, 15) is 4.79 Å². The van der Waals surface area contributed by atoms with Gasteiger partial charge in [0.1, 0.15) is 18.9 Å². The molecule has 6 heteroatoms. The maximum Gasteiger partial charge on any atom is 0.240 e. The average molecular weight is 283 g/mol. The molecule has 1 aromatic heterocycles. The fourth-order valence-electron chi connectivity index (χ4n) is 2.02. The van der Waals surface area contributed by atoms with Crippen LogP contribution in [0.4, 0.5) is 0 Å². The second-order valence-corrected chi connectivity index (χ2v) is 4.78. The lowest BCUT2D eigenvalue weighted by molar-refractivity contribution is -0.122. The zero-order valence-corrected chi connectivity index (χ0v) is 12.1. The second-order valence-electron chi connectivity index (χ2n) is 4.78.